The van der Waals surface area contributed by atoms with Gasteiger partial charge in [0.25, 0.3) is 0 Å². The molecule has 0 aliphatic rings. The van der Waals surface area contributed by atoms with Crippen molar-refractivity contribution in [1.29, 1.82) is 0 Å². The minimum absolute atomic E-state index is 0.227. The molecule has 0 fully saturated rings. The molecule has 5 heteroatoms. The highest BCUT2D eigenvalue weighted by molar-refractivity contribution is 7.80. The summed E-state index contributed by atoms with van der Waals surface area (Å²) < 4.78 is 16.4. The van der Waals surface area contributed by atoms with E-state index in [0.29, 0.717) is 11.3 Å². The van der Waals surface area contributed by atoms with Crippen LogP contribution in [0.2, 0.25) is 0 Å². The lowest BCUT2D eigenvalue weighted by Crippen LogP contribution is -2.32. The Morgan fingerprint density at radius 1 is 1.07 bits per heavy atom. The van der Waals surface area contributed by atoms with E-state index in [1.54, 1.807) is 25.2 Å². The Morgan fingerprint density at radius 3 is 2.17 bits per heavy atom. The highest BCUT2D eigenvalue weighted by Gasteiger charge is 2.24. The van der Waals surface area contributed by atoms with Gasteiger partial charge in [-0.15, -0.1) is 12.6 Å². The molecular formula is C24H26O4S. The smallest absolute Gasteiger partial charge is 0.340 e. The predicted octanol–water partition coefficient (Wildman–Crippen LogP) is 5.27. The van der Waals surface area contributed by atoms with Crippen molar-refractivity contribution >= 4 is 18.6 Å². The van der Waals surface area contributed by atoms with Gasteiger partial charge in [-0.1, -0.05) is 55.7 Å². The van der Waals surface area contributed by atoms with E-state index >= 15 is 0 Å². The second kappa shape index (κ2) is 11.3. The number of hydrogen-bond acceptors (Lipinski definition) is 5. The first-order valence-corrected chi connectivity index (χ1v) is 9.63. The normalized spacial score (nSPS) is 13.3. The molecule has 0 amide bonds. The number of carbonyl (C=O) groups excluding carboxylic acids is 1. The van der Waals surface area contributed by atoms with Crippen LogP contribution >= 0.6 is 12.6 Å². The highest BCUT2D eigenvalue weighted by Crippen LogP contribution is 2.23. The fourth-order valence-corrected chi connectivity index (χ4v) is 2.82. The molecule has 0 aliphatic carbocycles. The minimum Gasteiger partial charge on any atom is -0.490 e. The van der Waals surface area contributed by atoms with E-state index < -0.39 is 18.2 Å². The number of rotatable bonds is 10. The molecule has 0 spiro atoms. The third-order valence-electron chi connectivity index (χ3n) is 4.16. The number of hydrogen-bond donors (Lipinski definition) is 1. The zero-order chi connectivity index (χ0) is 21.2. The summed E-state index contributed by atoms with van der Waals surface area (Å²) in [6.45, 7) is 9.30. The van der Waals surface area contributed by atoms with Crippen LogP contribution in [0.1, 0.15) is 6.92 Å². The van der Waals surface area contributed by atoms with E-state index in [1.165, 1.54) is 7.11 Å². The number of allylic oxidation sites excluding steroid dienone is 2. The molecule has 2 aromatic carbocycles. The van der Waals surface area contributed by atoms with Crippen molar-refractivity contribution in [2.75, 3.05) is 13.7 Å². The summed E-state index contributed by atoms with van der Waals surface area (Å²) in [4.78, 5) is 13.3. The monoisotopic (exact) mass is 410 g/mol. The van der Waals surface area contributed by atoms with Gasteiger partial charge in [-0.25, -0.2) is 4.79 Å². The molecule has 0 aromatic heterocycles. The fourth-order valence-electron chi connectivity index (χ4n) is 2.67. The second-order valence-electron chi connectivity index (χ2n) is 6.35. The Bertz CT molecular complexity index is 853. The molecule has 0 saturated heterocycles. The molecular weight excluding hydrogens is 384 g/mol. The quantitative estimate of drug-likeness (QED) is 0.329. The van der Waals surface area contributed by atoms with E-state index in [-0.39, 0.29) is 6.61 Å². The highest BCUT2D eigenvalue weighted by atomic mass is 32.1. The molecule has 0 heterocycles. The van der Waals surface area contributed by atoms with Gasteiger partial charge in [-0.2, -0.15) is 0 Å². The van der Waals surface area contributed by atoms with E-state index in [9.17, 15) is 4.79 Å². The first kappa shape index (κ1) is 22.5. The summed E-state index contributed by atoms with van der Waals surface area (Å²) in [7, 11) is 1.44. The van der Waals surface area contributed by atoms with Crippen molar-refractivity contribution in [3.05, 3.63) is 85.5 Å². The van der Waals surface area contributed by atoms with Gasteiger partial charge in [0, 0.05) is 12.0 Å². The van der Waals surface area contributed by atoms with E-state index in [0.717, 1.165) is 16.0 Å². The first-order chi connectivity index (χ1) is 14.0. The molecule has 0 saturated carbocycles. The maximum Gasteiger partial charge on any atom is 0.340 e. The standard InChI is InChI=1S/C24H26O4S/c1-5-7-18(6-2)23(26-4)24(25)28-17(3)16-27-21-12-8-19(9-13-21)20-10-14-22(29)15-11-20/h5-15,17,23,29H,1-2,16H2,3-4H3/b18-7+. The van der Waals surface area contributed by atoms with Gasteiger partial charge in [0.2, 0.25) is 0 Å². The zero-order valence-electron chi connectivity index (χ0n) is 16.7. The summed E-state index contributed by atoms with van der Waals surface area (Å²) in [5, 5.41) is 0. The van der Waals surface area contributed by atoms with Gasteiger partial charge < -0.3 is 14.2 Å². The lowest BCUT2D eigenvalue weighted by Gasteiger charge is -2.19. The molecule has 2 atom stereocenters. The topological polar surface area (TPSA) is 44.8 Å². The lowest BCUT2D eigenvalue weighted by atomic mass is 10.1. The van der Waals surface area contributed by atoms with Gasteiger partial charge in [0.1, 0.15) is 18.5 Å². The molecule has 0 N–H and O–H groups in total. The summed E-state index contributed by atoms with van der Waals surface area (Å²) >= 11 is 4.30. The molecule has 152 valence electrons. The summed E-state index contributed by atoms with van der Waals surface area (Å²) in [6, 6.07) is 15.7. The fraction of sp³-hybridized carbons (Fsp3) is 0.208. The van der Waals surface area contributed by atoms with Crippen LogP contribution in [0.4, 0.5) is 0 Å². The third kappa shape index (κ3) is 6.66. The maximum absolute atomic E-state index is 12.4. The third-order valence-corrected chi connectivity index (χ3v) is 4.45. The maximum atomic E-state index is 12.4. The van der Waals surface area contributed by atoms with Crippen molar-refractivity contribution < 1.29 is 19.0 Å². The van der Waals surface area contributed by atoms with E-state index in [2.05, 4.69) is 25.8 Å². The molecule has 0 aliphatic heterocycles. The van der Waals surface area contributed by atoms with Crippen LogP contribution in [-0.2, 0) is 14.3 Å². The Morgan fingerprint density at radius 2 is 1.66 bits per heavy atom. The first-order valence-electron chi connectivity index (χ1n) is 9.19. The second-order valence-corrected chi connectivity index (χ2v) is 6.87. The number of benzene rings is 2. The molecule has 2 unspecified atom stereocenters. The molecule has 4 nitrogen and oxygen atoms in total. The number of methoxy groups -OCH3 is 1. The van der Waals surface area contributed by atoms with Crippen LogP contribution in [0, 0.1) is 0 Å². The minimum atomic E-state index is -0.851. The van der Waals surface area contributed by atoms with Gasteiger partial charge in [-0.05, 0) is 47.9 Å². The van der Waals surface area contributed by atoms with Gasteiger partial charge in [0.05, 0.1) is 0 Å². The molecule has 0 bridgehead atoms. The van der Waals surface area contributed by atoms with Crippen molar-refractivity contribution in [3.8, 4) is 16.9 Å². The number of esters is 1. The Kier molecular flexibility index (Phi) is 8.77. The molecule has 29 heavy (non-hydrogen) atoms. The average molecular weight is 411 g/mol. The Hall–Kier alpha value is -2.76. The summed E-state index contributed by atoms with van der Waals surface area (Å²) in [6.07, 6.45) is 3.48. The largest absolute Gasteiger partial charge is 0.490 e. The predicted molar refractivity (Wildman–Crippen MR) is 119 cm³/mol. The Balaban J connectivity index is 1.91. The molecule has 2 aromatic rings. The van der Waals surface area contributed by atoms with Gasteiger partial charge >= 0.3 is 5.97 Å². The van der Waals surface area contributed by atoms with Gasteiger partial charge in [0.15, 0.2) is 6.10 Å². The van der Waals surface area contributed by atoms with E-state index in [1.807, 2.05) is 48.5 Å². The van der Waals surface area contributed by atoms with E-state index in [4.69, 9.17) is 14.2 Å². The Labute approximate surface area is 177 Å². The number of thiol groups is 1. The van der Waals surface area contributed by atoms with Crippen LogP contribution in [0.15, 0.2) is 90.4 Å². The van der Waals surface area contributed by atoms with Crippen LogP contribution < -0.4 is 4.74 Å². The SMILES string of the molecule is C=C/C=C(\C=C)C(OC)C(=O)OC(C)COc1ccc(-c2ccc(S)cc2)cc1. The molecule has 2 rings (SSSR count). The summed E-state index contributed by atoms with van der Waals surface area (Å²) in [5.41, 5.74) is 2.77. The van der Waals surface area contributed by atoms with Crippen LogP contribution in [0.5, 0.6) is 5.75 Å². The molecule has 0 radical (unpaired) electrons. The lowest BCUT2D eigenvalue weighted by molar-refractivity contribution is -0.158. The average Bonchev–Trinajstić information content (AvgIpc) is 2.73. The van der Waals surface area contributed by atoms with Crippen LogP contribution in [0.25, 0.3) is 11.1 Å². The summed E-state index contributed by atoms with van der Waals surface area (Å²) in [5.74, 6) is 0.198. The van der Waals surface area contributed by atoms with Crippen LogP contribution in [0.3, 0.4) is 0 Å². The van der Waals surface area contributed by atoms with Gasteiger partial charge in [-0.3, -0.25) is 0 Å². The number of ether oxygens (including phenoxy) is 3. The zero-order valence-corrected chi connectivity index (χ0v) is 17.6. The van der Waals surface area contributed by atoms with Crippen LogP contribution in [-0.4, -0.2) is 31.9 Å². The number of carbonyl (C=O) groups is 1. The van der Waals surface area contributed by atoms with Crippen molar-refractivity contribution in [3.63, 3.8) is 0 Å². The van der Waals surface area contributed by atoms with Crippen molar-refractivity contribution in [2.24, 2.45) is 0 Å². The van der Waals surface area contributed by atoms with Crippen molar-refractivity contribution in [2.45, 2.75) is 24.0 Å². The van der Waals surface area contributed by atoms with Crippen molar-refractivity contribution in [1.82, 2.24) is 0 Å².